The third kappa shape index (κ3) is 3.34. The quantitative estimate of drug-likeness (QED) is 0.860. The molecule has 2 rings (SSSR count). The molecule has 20 heavy (non-hydrogen) atoms. The second-order valence-corrected chi connectivity index (χ2v) is 5.46. The van der Waals surface area contributed by atoms with Gasteiger partial charge >= 0.3 is 0 Å². The van der Waals surface area contributed by atoms with Crippen molar-refractivity contribution in [2.45, 2.75) is 32.5 Å². The van der Waals surface area contributed by atoms with Gasteiger partial charge in [0.25, 0.3) is 0 Å². The SMILES string of the molecule is CCNc1ncc(F)c(N2CC(CO)OC(C)(C)C2)n1. The lowest BCUT2D eigenvalue weighted by molar-refractivity contribution is -0.101. The number of anilines is 2. The third-order valence-electron chi connectivity index (χ3n) is 3.05. The van der Waals surface area contributed by atoms with Crippen molar-refractivity contribution in [2.24, 2.45) is 0 Å². The van der Waals surface area contributed by atoms with E-state index in [1.165, 1.54) is 0 Å². The van der Waals surface area contributed by atoms with Gasteiger partial charge in [0, 0.05) is 19.6 Å². The van der Waals surface area contributed by atoms with Crippen molar-refractivity contribution in [3.05, 3.63) is 12.0 Å². The molecule has 1 aliphatic heterocycles. The van der Waals surface area contributed by atoms with Crippen LogP contribution in [0.4, 0.5) is 16.2 Å². The first-order chi connectivity index (χ1) is 9.45. The summed E-state index contributed by atoms with van der Waals surface area (Å²) in [6.07, 6.45) is 0.812. The predicted molar refractivity (Wildman–Crippen MR) is 74.4 cm³/mol. The summed E-state index contributed by atoms with van der Waals surface area (Å²) < 4.78 is 19.7. The maximum absolute atomic E-state index is 14.0. The summed E-state index contributed by atoms with van der Waals surface area (Å²) in [5.74, 6) is 0.167. The van der Waals surface area contributed by atoms with Crippen molar-refractivity contribution in [1.29, 1.82) is 0 Å². The highest BCUT2D eigenvalue weighted by atomic mass is 19.1. The number of aromatic nitrogens is 2. The van der Waals surface area contributed by atoms with Crippen LogP contribution < -0.4 is 10.2 Å². The van der Waals surface area contributed by atoms with E-state index in [4.69, 9.17) is 4.74 Å². The average molecular weight is 284 g/mol. The molecule has 1 aromatic rings. The van der Waals surface area contributed by atoms with Gasteiger partial charge in [0.05, 0.1) is 24.5 Å². The third-order valence-corrected chi connectivity index (χ3v) is 3.05. The van der Waals surface area contributed by atoms with E-state index in [2.05, 4.69) is 15.3 Å². The monoisotopic (exact) mass is 284 g/mol. The first-order valence-corrected chi connectivity index (χ1v) is 6.75. The smallest absolute Gasteiger partial charge is 0.224 e. The number of nitrogens with one attached hydrogen (secondary N) is 1. The Morgan fingerprint density at radius 1 is 1.60 bits per heavy atom. The summed E-state index contributed by atoms with van der Waals surface area (Å²) >= 11 is 0. The van der Waals surface area contributed by atoms with E-state index >= 15 is 0 Å². The molecule has 112 valence electrons. The number of aliphatic hydroxyl groups excluding tert-OH is 1. The lowest BCUT2D eigenvalue weighted by atomic mass is 10.1. The maximum Gasteiger partial charge on any atom is 0.224 e. The van der Waals surface area contributed by atoms with Crippen LogP contribution in [0.5, 0.6) is 0 Å². The van der Waals surface area contributed by atoms with Crippen molar-refractivity contribution >= 4 is 11.8 Å². The Labute approximate surface area is 118 Å². The van der Waals surface area contributed by atoms with E-state index in [1.807, 2.05) is 20.8 Å². The first-order valence-electron chi connectivity index (χ1n) is 6.75. The number of halogens is 1. The van der Waals surface area contributed by atoms with Crippen molar-refractivity contribution in [3.63, 3.8) is 0 Å². The molecule has 1 saturated heterocycles. The maximum atomic E-state index is 14.0. The van der Waals surface area contributed by atoms with Gasteiger partial charge in [0.1, 0.15) is 0 Å². The van der Waals surface area contributed by atoms with Crippen LogP contribution in [0.15, 0.2) is 6.20 Å². The van der Waals surface area contributed by atoms with Crippen LogP contribution >= 0.6 is 0 Å². The van der Waals surface area contributed by atoms with Gasteiger partial charge in [-0.25, -0.2) is 9.37 Å². The molecule has 1 fully saturated rings. The summed E-state index contributed by atoms with van der Waals surface area (Å²) in [5.41, 5.74) is -0.471. The number of hydrogen-bond acceptors (Lipinski definition) is 6. The number of morpholine rings is 1. The molecule has 7 heteroatoms. The van der Waals surface area contributed by atoms with Crippen LogP contribution in [0.1, 0.15) is 20.8 Å². The van der Waals surface area contributed by atoms with Gasteiger partial charge in [-0.2, -0.15) is 4.98 Å². The van der Waals surface area contributed by atoms with E-state index < -0.39 is 11.4 Å². The van der Waals surface area contributed by atoms with Gasteiger partial charge in [-0.05, 0) is 20.8 Å². The van der Waals surface area contributed by atoms with Crippen LogP contribution in [-0.2, 0) is 4.74 Å². The van der Waals surface area contributed by atoms with Crippen molar-refractivity contribution in [1.82, 2.24) is 9.97 Å². The van der Waals surface area contributed by atoms with Crippen LogP contribution in [0, 0.1) is 5.82 Å². The topological polar surface area (TPSA) is 70.5 Å². The molecule has 0 amide bonds. The Hall–Kier alpha value is -1.47. The van der Waals surface area contributed by atoms with E-state index in [1.54, 1.807) is 4.90 Å². The molecule has 0 aliphatic carbocycles. The van der Waals surface area contributed by atoms with Crippen molar-refractivity contribution < 1.29 is 14.2 Å². The minimum atomic E-state index is -0.471. The van der Waals surface area contributed by atoms with Gasteiger partial charge < -0.3 is 20.1 Å². The van der Waals surface area contributed by atoms with Crippen LogP contribution in [0.2, 0.25) is 0 Å². The highest BCUT2D eigenvalue weighted by Crippen LogP contribution is 2.26. The highest BCUT2D eigenvalue weighted by molar-refractivity contribution is 5.45. The molecule has 0 spiro atoms. The zero-order chi connectivity index (χ0) is 14.8. The molecule has 0 aromatic carbocycles. The van der Waals surface area contributed by atoms with Gasteiger partial charge in [-0.15, -0.1) is 0 Å². The second kappa shape index (κ2) is 5.88. The standard InChI is InChI=1S/C13H21FN4O2/c1-4-15-12-16-5-10(14)11(17-12)18-6-9(7-19)20-13(2,3)8-18/h5,9,19H,4,6-8H2,1-3H3,(H,15,16,17). The summed E-state index contributed by atoms with van der Waals surface area (Å²) in [7, 11) is 0. The van der Waals surface area contributed by atoms with Crippen molar-refractivity contribution in [2.75, 3.05) is 36.5 Å². The Bertz CT molecular complexity index is 470. The minimum absolute atomic E-state index is 0.104. The molecule has 1 unspecified atom stereocenters. The normalized spacial score (nSPS) is 21.9. The molecule has 0 saturated carbocycles. The fourth-order valence-electron chi connectivity index (χ4n) is 2.38. The van der Waals surface area contributed by atoms with Gasteiger partial charge in [0.15, 0.2) is 11.6 Å². The number of rotatable bonds is 4. The summed E-state index contributed by atoms with van der Waals surface area (Å²) in [5, 5.41) is 12.3. The molecule has 1 aromatic heterocycles. The van der Waals surface area contributed by atoms with E-state index in [0.717, 1.165) is 6.20 Å². The molecule has 1 atom stereocenters. The molecular weight excluding hydrogens is 263 g/mol. The van der Waals surface area contributed by atoms with Crippen molar-refractivity contribution in [3.8, 4) is 0 Å². The molecule has 6 nitrogen and oxygen atoms in total. The Kier molecular flexibility index (Phi) is 4.39. The highest BCUT2D eigenvalue weighted by Gasteiger charge is 2.34. The lowest BCUT2D eigenvalue weighted by Crippen LogP contribution is -2.54. The first kappa shape index (κ1) is 14.9. The summed E-state index contributed by atoms with van der Waals surface area (Å²) in [6.45, 7) is 7.21. The largest absolute Gasteiger partial charge is 0.394 e. The van der Waals surface area contributed by atoms with E-state index in [9.17, 15) is 9.50 Å². The van der Waals surface area contributed by atoms with Crippen LogP contribution in [-0.4, -0.2) is 53.0 Å². The van der Waals surface area contributed by atoms with E-state index in [0.29, 0.717) is 25.6 Å². The lowest BCUT2D eigenvalue weighted by Gasteiger charge is -2.42. The number of hydrogen-bond donors (Lipinski definition) is 2. The van der Waals surface area contributed by atoms with Crippen LogP contribution in [0.25, 0.3) is 0 Å². The Balaban J connectivity index is 2.27. The zero-order valence-electron chi connectivity index (χ0n) is 12.1. The second-order valence-electron chi connectivity index (χ2n) is 5.46. The zero-order valence-corrected chi connectivity index (χ0v) is 12.1. The molecule has 2 N–H and O–H groups in total. The number of aliphatic hydroxyl groups is 1. The predicted octanol–water partition coefficient (Wildman–Crippen LogP) is 1.02. The molecule has 1 aliphatic rings. The van der Waals surface area contributed by atoms with Gasteiger partial charge in [-0.1, -0.05) is 0 Å². The number of ether oxygens (including phenoxy) is 1. The molecular formula is C13H21FN4O2. The summed E-state index contributed by atoms with van der Waals surface area (Å²) in [6, 6.07) is 0. The Morgan fingerprint density at radius 2 is 2.35 bits per heavy atom. The molecule has 0 bridgehead atoms. The fourth-order valence-corrected chi connectivity index (χ4v) is 2.38. The molecule has 0 radical (unpaired) electrons. The summed E-state index contributed by atoms with van der Waals surface area (Å²) in [4.78, 5) is 9.90. The van der Waals surface area contributed by atoms with Crippen LogP contribution in [0.3, 0.4) is 0 Å². The minimum Gasteiger partial charge on any atom is -0.394 e. The molecule has 2 heterocycles. The average Bonchev–Trinajstić information content (AvgIpc) is 2.39. The Morgan fingerprint density at radius 3 is 3.00 bits per heavy atom. The van der Waals surface area contributed by atoms with Gasteiger partial charge in [0.2, 0.25) is 5.95 Å². The fraction of sp³-hybridized carbons (Fsp3) is 0.692. The number of nitrogens with zero attached hydrogens (tertiary/aromatic N) is 3. The van der Waals surface area contributed by atoms with E-state index in [-0.39, 0.29) is 18.5 Å². The van der Waals surface area contributed by atoms with Gasteiger partial charge in [-0.3, -0.25) is 0 Å².